The molecule has 0 aliphatic carbocycles. The number of halogens is 2. The van der Waals surface area contributed by atoms with Gasteiger partial charge in [-0.05, 0) is 68.1 Å². The quantitative estimate of drug-likeness (QED) is 0.623. The number of carbonyl (C=O) groups excluding carboxylic acids is 1. The number of anilines is 1. The van der Waals surface area contributed by atoms with E-state index in [4.69, 9.17) is 4.74 Å². The Hall–Kier alpha value is -1.97. The first kappa shape index (κ1) is 22.2. The molecule has 2 aliphatic rings. The number of rotatable bonds is 4. The van der Waals surface area contributed by atoms with Gasteiger partial charge in [0, 0.05) is 29.3 Å². The molecule has 166 valence electrons. The number of methoxy groups -OCH3 is 1. The zero-order valence-electron chi connectivity index (χ0n) is 17.3. The van der Waals surface area contributed by atoms with Gasteiger partial charge in [0.1, 0.15) is 16.5 Å². The Morgan fingerprint density at radius 2 is 2.00 bits per heavy atom. The summed E-state index contributed by atoms with van der Waals surface area (Å²) in [6, 6.07) is 9.29. The Morgan fingerprint density at radius 1 is 1.23 bits per heavy atom. The normalized spacial score (nSPS) is 21.7. The van der Waals surface area contributed by atoms with Crippen LogP contribution in [0.5, 0.6) is 5.75 Å². The number of benzene rings is 2. The van der Waals surface area contributed by atoms with Gasteiger partial charge in [0.15, 0.2) is 0 Å². The lowest BCUT2D eigenvalue weighted by molar-refractivity contribution is -0.123. The second-order valence-corrected chi connectivity index (χ2v) is 10.9. The number of amides is 1. The average Bonchev–Trinajstić information content (AvgIpc) is 3.07. The number of carbonyl (C=O) groups is 1. The molecule has 2 heterocycles. The van der Waals surface area contributed by atoms with Gasteiger partial charge in [0.25, 0.3) is 0 Å². The summed E-state index contributed by atoms with van der Waals surface area (Å²) >= 11 is 3.47. The Balaban J connectivity index is 1.60. The summed E-state index contributed by atoms with van der Waals surface area (Å²) in [5.41, 5.74) is 1.98. The van der Waals surface area contributed by atoms with Crippen LogP contribution < -0.4 is 9.64 Å². The van der Waals surface area contributed by atoms with E-state index in [1.165, 1.54) is 17.5 Å². The molecule has 0 N–H and O–H groups in total. The van der Waals surface area contributed by atoms with E-state index < -0.39 is 21.8 Å². The molecule has 2 aromatic rings. The summed E-state index contributed by atoms with van der Waals surface area (Å²) in [5.74, 6) is -1.10. The monoisotopic (exact) mass is 510 g/mol. The van der Waals surface area contributed by atoms with Crippen LogP contribution in [0.1, 0.15) is 25.3 Å². The van der Waals surface area contributed by atoms with E-state index in [1.54, 1.807) is 4.90 Å². The largest absolute Gasteiger partial charge is 0.495 e. The summed E-state index contributed by atoms with van der Waals surface area (Å²) in [5, 5.41) is 0. The zero-order chi connectivity index (χ0) is 22.3. The van der Waals surface area contributed by atoms with Gasteiger partial charge in [0.2, 0.25) is 15.9 Å². The third kappa shape index (κ3) is 4.10. The van der Waals surface area contributed by atoms with E-state index in [1.807, 2.05) is 25.1 Å². The maximum atomic E-state index is 13.8. The Kier molecular flexibility index (Phi) is 6.11. The Morgan fingerprint density at radius 3 is 2.74 bits per heavy atom. The van der Waals surface area contributed by atoms with Crippen LogP contribution in [0.3, 0.4) is 0 Å². The fourth-order valence-electron chi connectivity index (χ4n) is 4.49. The maximum absolute atomic E-state index is 13.8. The van der Waals surface area contributed by atoms with Crippen molar-refractivity contribution in [2.24, 2.45) is 5.92 Å². The van der Waals surface area contributed by atoms with Crippen molar-refractivity contribution >= 4 is 37.5 Å². The van der Waals surface area contributed by atoms with Crippen molar-refractivity contribution in [1.29, 1.82) is 0 Å². The third-order valence-corrected chi connectivity index (χ3v) is 8.35. The van der Waals surface area contributed by atoms with E-state index in [2.05, 4.69) is 15.9 Å². The zero-order valence-corrected chi connectivity index (χ0v) is 19.7. The minimum atomic E-state index is -4.01. The molecular weight excluding hydrogens is 487 g/mol. The third-order valence-electron chi connectivity index (χ3n) is 5.97. The average molecular weight is 511 g/mol. The number of hydrogen-bond donors (Lipinski definition) is 0. The molecule has 0 radical (unpaired) electrons. The molecular formula is C22H24BrFN2O4S. The maximum Gasteiger partial charge on any atom is 0.246 e. The molecule has 2 atom stereocenters. The van der Waals surface area contributed by atoms with E-state index in [0.717, 1.165) is 34.3 Å². The molecule has 1 saturated heterocycles. The number of hydrogen-bond acceptors (Lipinski definition) is 4. The SMILES string of the molecule is COc1ccc(F)cc1S(=O)(=O)N1CCC[C@@H](C(=O)N2c3ccc(Br)cc3C[C@H]2C)C1. The van der Waals surface area contributed by atoms with Gasteiger partial charge in [-0.15, -0.1) is 0 Å². The predicted molar refractivity (Wildman–Crippen MR) is 119 cm³/mol. The van der Waals surface area contributed by atoms with E-state index in [9.17, 15) is 17.6 Å². The van der Waals surface area contributed by atoms with Crippen molar-refractivity contribution in [3.05, 3.63) is 52.3 Å². The highest BCUT2D eigenvalue weighted by molar-refractivity contribution is 9.10. The summed E-state index contributed by atoms with van der Waals surface area (Å²) in [6.07, 6.45) is 1.93. The second kappa shape index (κ2) is 8.52. The number of piperidine rings is 1. The Labute approximate surface area is 190 Å². The number of sulfonamides is 1. The minimum Gasteiger partial charge on any atom is -0.495 e. The van der Waals surface area contributed by atoms with Gasteiger partial charge in [0.05, 0.1) is 13.0 Å². The molecule has 2 aliphatic heterocycles. The molecule has 2 aromatic carbocycles. The molecule has 1 fully saturated rings. The van der Waals surface area contributed by atoms with Crippen LogP contribution in [0.4, 0.5) is 10.1 Å². The van der Waals surface area contributed by atoms with Gasteiger partial charge in [-0.2, -0.15) is 4.31 Å². The van der Waals surface area contributed by atoms with E-state index in [-0.39, 0.29) is 35.7 Å². The molecule has 31 heavy (non-hydrogen) atoms. The lowest BCUT2D eigenvalue weighted by atomic mass is 9.97. The molecule has 0 aromatic heterocycles. The first-order chi connectivity index (χ1) is 14.7. The van der Waals surface area contributed by atoms with Crippen molar-refractivity contribution in [2.75, 3.05) is 25.1 Å². The first-order valence-corrected chi connectivity index (χ1v) is 12.4. The van der Waals surface area contributed by atoms with Gasteiger partial charge in [-0.1, -0.05) is 15.9 Å². The second-order valence-electron chi connectivity index (χ2n) is 8.03. The van der Waals surface area contributed by atoms with Crippen LogP contribution >= 0.6 is 15.9 Å². The molecule has 0 unspecified atom stereocenters. The predicted octanol–water partition coefficient (Wildman–Crippen LogP) is 3.98. The van der Waals surface area contributed by atoms with E-state index >= 15 is 0 Å². The van der Waals surface area contributed by atoms with Crippen molar-refractivity contribution in [2.45, 2.75) is 37.1 Å². The van der Waals surface area contributed by atoms with Crippen LogP contribution in [0.15, 0.2) is 45.8 Å². The minimum absolute atomic E-state index is 0.00657. The van der Waals surface area contributed by atoms with Gasteiger partial charge in [-0.25, -0.2) is 12.8 Å². The summed E-state index contributed by atoms with van der Waals surface area (Å²) < 4.78 is 47.7. The van der Waals surface area contributed by atoms with Crippen molar-refractivity contribution < 1.29 is 22.3 Å². The fraction of sp³-hybridized carbons (Fsp3) is 0.409. The van der Waals surface area contributed by atoms with Gasteiger partial charge >= 0.3 is 0 Å². The summed E-state index contributed by atoms with van der Waals surface area (Å²) in [6.45, 7) is 2.35. The topological polar surface area (TPSA) is 66.9 Å². The van der Waals surface area contributed by atoms with Crippen molar-refractivity contribution in [3.8, 4) is 5.75 Å². The molecule has 9 heteroatoms. The highest BCUT2D eigenvalue weighted by Gasteiger charge is 2.39. The Bertz CT molecular complexity index is 1120. The molecule has 0 bridgehead atoms. The first-order valence-electron chi connectivity index (χ1n) is 10.2. The van der Waals surface area contributed by atoms with Gasteiger partial charge < -0.3 is 9.64 Å². The van der Waals surface area contributed by atoms with Gasteiger partial charge in [-0.3, -0.25) is 4.79 Å². The highest BCUT2D eigenvalue weighted by Crippen LogP contribution is 2.37. The van der Waals surface area contributed by atoms with Crippen LogP contribution in [-0.4, -0.2) is 44.9 Å². The molecule has 0 spiro atoms. The smallest absolute Gasteiger partial charge is 0.246 e. The van der Waals surface area contributed by atoms with E-state index in [0.29, 0.717) is 12.8 Å². The number of ether oxygens (including phenoxy) is 1. The summed E-state index contributed by atoms with van der Waals surface area (Å²) in [4.78, 5) is 15.0. The van der Waals surface area contributed by atoms with Crippen LogP contribution in [0, 0.1) is 11.7 Å². The fourth-order valence-corrected chi connectivity index (χ4v) is 6.59. The van der Waals surface area contributed by atoms with Crippen LogP contribution in [0.2, 0.25) is 0 Å². The molecule has 6 nitrogen and oxygen atoms in total. The summed E-state index contributed by atoms with van der Waals surface area (Å²) in [7, 11) is -2.66. The van der Waals surface area contributed by atoms with Crippen LogP contribution in [0.25, 0.3) is 0 Å². The lowest BCUT2D eigenvalue weighted by Gasteiger charge is -2.34. The lowest BCUT2D eigenvalue weighted by Crippen LogP contribution is -2.48. The molecule has 0 saturated carbocycles. The highest BCUT2D eigenvalue weighted by atomic mass is 79.9. The number of nitrogens with zero attached hydrogens (tertiary/aromatic N) is 2. The van der Waals surface area contributed by atoms with Crippen LogP contribution in [-0.2, 0) is 21.2 Å². The molecule has 1 amide bonds. The van der Waals surface area contributed by atoms with Crippen molar-refractivity contribution in [1.82, 2.24) is 4.31 Å². The molecule has 4 rings (SSSR count). The standard InChI is InChI=1S/C22H24BrFN2O4S/c1-14-10-16-11-17(23)5-7-19(16)26(14)22(27)15-4-3-9-25(13-15)31(28,29)21-12-18(24)6-8-20(21)30-2/h5-8,11-12,14-15H,3-4,9-10,13H2,1-2H3/t14-,15-/m1/s1. The van der Waals surface area contributed by atoms with Crippen molar-refractivity contribution in [3.63, 3.8) is 0 Å². The number of fused-ring (bicyclic) bond motifs is 1.